The van der Waals surface area contributed by atoms with Crippen molar-refractivity contribution in [2.75, 3.05) is 33.2 Å². The minimum atomic E-state index is 0.793. The van der Waals surface area contributed by atoms with Crippen LogP contribution in [0.2, 0.25) is 0 Å². The number of fused-ring (bicyclic) bond motifs is 1. The van der Waals surface area contributed by atoms with Crippen molar-refractivity contribution in [1.29, 1.82) is 0 Å². The lowest BCUT2D eigenvalue weighted by Gasteiger charge is -2.37. The molecule has 1 atom stereocenters. The van der Waals surface area contributed by atoms with Gasteiger partial charge in [0.2, 0.25) is 0 Å². The summed E-state index contributed by atoms with van der Waals surface area (Å²) < 4.78 is 5.95. The van der Waals surface area contributed by atoms with Crippen molar-refractivity contribution >= 4 is 0 Å². The molecule has 19 heavy (non-hydrogen) atoms. The molecule has 3 rings (SSSR count). The Labute approximate surface area is 115 Å². The molecule has 2 aliphatic heterocycles. The van der Waals surface area contributed by atoms with Crippen LogP contribution in [0.25, 0.3) is 0 Å². The fourth-order valence-electron chi connectivity index (χ4n) is 3.42. The van der Waals surface area contributed by atoms with Crippen LogP contribution >= 0.6 is 0 Å². The van der Waals surface area contributed by atoms with Crippen molar-refractivity contribution in [3.05, 3.63) is 23.2 Å². The predicted octanol–water partition coefficient (Wildman–Crippen LogP) is 1.59. The van der Waals surface area contributed by atoms with Gasteiger partial charge in [0.25, 0.3) is 0 Å². The summed E-state index contributed by atoms with van der Waals surface area (Å²) in [4.78, 5) is 5.20. The summed E-state index contributed by atoms with van der Waals surface area (Å²) in [5.41, 5.74) is 1.27. The Hall–Kier alpha value is -0.840. The van der Waals surface area contributed by atoms with Crippen molar-refractivity contribution in [1.82, 2.24) is 15.1 Å². The normalized spacial score (nSPS) is 24.8. The molecule has 0 amide bonds. The molecule has 0 radical (unpaired) electrons. The molecule has 2 aliphatic rings. The second kappa shape index (κ2) is 5.65. The molecule has 0 aromatic carbocycles. The Balaban J connectivity index is 1.60. The summed E-state index contributed by atoms with van der Waals surface area (Å²) in [6.45, 7) is 8.85. The summed E-state index contributed by atoms with van der Waals surface area (Å²) in [5.74, 6) is 2.20. The number of rotatable bonds is 4. The first kappa shape index (κ1) is 13.2. The lowest BCUT2D eigenvalue weighted by atomic mass is 10.1. The van der Waals surface area contributed by atoms with Crippen LogP contribution in [0, 0.1) is 6.92 Å². The van der Waals surface area contributed by atoms with Gasteiger partial charge in [-0.05, 0) is 45.0 Å². The summed E-state index contributed by atoms with van der Waals surface area (Å²) in [6.07, 6.45) is 2.75. The zero-order chi connectivity index (χ0) is 13.2. The highest BCUT2D eigenvalue weighted by Gasteiger charge is 2.30. The van der Waals surface area contributed by atoms with Crippen molar-refractivity contribution in [2.24, 2.45) is 0 Å². The van der Waals surface area contributed by atoms with E-state index in [2.05, 4.69) is 28.1 Å². The van der Waals surface area contributed by atoms with E-state index in [1.165, 1.54) is 44.6 Å². The third-order valence-electron chi connectivity index (χ3n) is 4.46. The molecule has 4 nitrogen and oxygen atoms in total. The van der Waals surface area contributed by atoms with Gasteiger partial charge in [-0.1, -0.05) is 0 Å². The molecule has 1 unspecified atom stereocenters. The van der Waals surface area contributed by atoms with Crippen LogP contribution < -0.4 is 5.32 Å². The van der Waals surface area contributed by atoms with Gasteiger partial charge in [0.15, 0.2) is 0 Å². The van der Waals surface area contributed by atoms with E-state index in [0.717, 1.165) is 30.7 Å². The molecule has 1 aromatic rings. The van der Waals surface area contributed by atoms with Crippen molar-refractivity contribution in [2.45, 2.75) is 38.9 Å². The van der Waals surface area contributed by atoms with Gasteiger partial charge in [0.05, 0.1) is 13.1 Å². The predicted molar refractivity (Wildman–Crippen MR) is 76.1 cm³/mol. The first-order chi connectivity index (χ1) is 9.26. The zero-order valence-electron chi connectivity index (χ0n) is 12.1. The van der Waals surface area contributed by atoms with Crippen LogP contribution in [-0.4, -0.2) is 49.1 Å². The molecule has 2 fully saturated rings. The average Bonchev–Trinajstić information content (AvgIpc) is 2.97. The Bertz CT molecular complexity index is 429. The molecule has 106 valence electrons. The molecular formula is C15H25N3O. The standard InChI is InChI=1S/C15H25N3O/c1-12-8-14(19-15(12)9-16-2)11-17-6-7-18-5-3-4-13(18)10-17/h8,13,16H,3-7,9-11H2,1-2H3. The van der Waals surface area contributed by atoms with Crippen molar-refractivity contribution < 1.29 is 4.42 Å². The Kier molecular flexibility index (Phi) is 3.91. The van der Waals surface area contributed by atoms with E-state index in [4.69, 9.17) is 4.42 Å². The number of furan rings is 1. The number of hydrogen-bond donors (Lipinski definition) is 1. The quantitative estimate of drug-likeness (QED) is 0.894. The highest BCUT2D eigenvalue weighted by atomic mass is 16.3. The van der Waals surface area contributed by atoms with Crippen molar-refractivity contribution in [3.8, 4) is 0 Å². The van der Waals surface area contributed by atoms with Gasteiger partial charge in [-0.2, -0.15) is 0 Å². The molecule has 1 aromatic heterocycles. The molecule has 0 bridgehead atoms. The fourth-order valence-corrected chi connectivity index (χ4v) is 3.42. The second-order valence-corrected chi connectivity index (χ2v) is 5.92. The fraction of sp³-hybridized carbons (Fsp3) is 0.733. The largest absolute Gasteiger partial charge is 0.463 e. The maximum absolute atomic E-state index is 5.95. The van der Waals surface area contributed by atoms with Crippen LogP contribution in [0.5, 0.6) is 0 Å². The average molecular weight is 263 g/mol. The van der Waals surface area contributed by atoms with Crippen LogP contribution in [0.4, 0.5) is 0 Å². The molecular weight excluding hydrogens is 238 g/mol. The SMILES string of the molecule is CNCc1oc(CN2CCN3CCCC3C2)cc1C. The highest BCUT2D eigenvalue weighted by Crippen LogP contribution is 2.23. The van der Waals surface area contributed by atoms with Gasteiger partial charge in [-0.3, -0.25) is 9.80 Å². The minimum absolute atomic E-state index is 0.793. The lowest BCUT2D eigenvalue weighted by molar-refractivity contribution is 0.0937. The zero-order valence-corrected chi connectivity index (χ0v) is 12.1. The molecule has 0 spiro atoms. The Morgan fingerprint density at radius 3 is 3.11 bits per heavy atom. The van der Waals surface area contributed by atoms with Gasteiger partial charge in [0, 0.05) is 25.7 Å². The number of hydrogen-bond acceptors (Lipinski definition) is 4. The molecule has 1 N–H and O–H groups in total. The number of nitrogens with zero attached hydrogens (tertiary/aromatic N) is 2. The van der Waals surface area contributed by atoms with Gasteiger partial charge < -0.3 is 9.73 Å². The van der Waals surface area contributed by atoms with E-state index in [0.29, 0.717) is 0 Å². The van der Waals surface area contributed by atoms with Crippen LogP contribution in [0.1, 0.15) is 29.9 Å². The first-order valence-corrected chi connectivity index (χ1v) is 7.45. The number of piperazine rings is 1. The molecule has 0 saturated carbocycles. The monoisotopic (exact) mass is 263 g/mol. The molecule has 0 aliphatic carbocycles. The maximum Gasteiger partial charge on any atom is 0.120 e. The second-order valence-electron chi connectivity index (χ2n) is 5.92. The number of nitrogens with one attached hydrogen (secondary N) is 1. The molecule has 4 heteroatoms. The third-order valence-corrected chi connectivity index (χ3v) is 4.46. The van der Waals surface area contributed by atoms with E-state index in [1.807, 2.05) is 7.05 Å². The van der Waals surface area contributed by atoms with E-state index < -0.39 is 0 Å². The van der Waals surface area contributed by atoms with E-state index in [-0.39, 0.29) is 0 Å². The van der Waals surface area contributed by atoms with Crippen LogP contribution in [0.3, 0.4) is 0 Å². The van der Waals surface area contributed by atoms with Gasteiger partial charge in [0.1, 0.15) is 11.5 Å². The van der Waals surface area contributed by atoms with Crippen LogP contribution in [0.15, 0.2) is 10.5 Å². The van der Waals surface area contributed by atoms with Crippen LogP contribution in [-0.2, 0) is 13.1 Å². The van der Waals surface area contributed by atoms with E-state index >= 15 is 0 Å². The Morgan fingerprint density at radius 2 is 2.26 bits per heavy atom. The minimum Gasteiger partial charge on any atom is -0.463 e. The smallest absolute Gasteiger partial charge is 0.120 e. The Morgan fingerprint density at radius 1 is 1.37 bits per heavy atom. The van der Waals surface area contributed by atoms with Gasteiger partial charge in [-0.15, -0.1) is 0 Å². The van der Waals surface area contributed by atoms with Gasteiger partial charge in [-0.25, -0.2) is 0 Å². The lowest BCUT2D eigenvalue weighted by Crippen LogP contribution is -2.49. The third kappa shape index (κ3) is 2.86. The highest BCUT2D eigenvalue weighted by molar-refractivity contribution is 5.20. The van der Waals surface area contributed by atoms with E-state index in [9.17, 15) is 0 Å². The molecule has 3 heterocycles. The van der Waals surface area contributed by atoms with Gasteiger partial charge >= 0.3 is 0 Å². The summed E-state index contributed by atoms with van der Waals surface area (Å²) in [6, 6.07) is 3.00. The number of aryl methyl sites for hydroxylation is 1. The maximum atomic E-state index is 5.95. The first-order valence-electron chi connectivity index (χ1n) is 7.45. The van der Waals surface area contributed by atoms with E-state index in [1.54, 1.807) is 0 Å². The van der Waals surface area contributed by atoms with Crippen molar-refractivity contribution in [3.63, 3.8) is 0 Å². The summed E-state index contributed by atoms with van der Waals surface area (Å²) in [7, 11) is 1.96. The molecule has 2 saturated heterocycles. The summed E-state index contributed by atoms with van der Waals surface area (Å²) in [5, 5.41) is 3.16. The topological polar surface area (TPSA) is 31.7 Å². The summed E-state index contributed by atoms with van der Waals surface area (Å²) >= 11 is 0.